The SMILES string of the molecule is CNCc1nc(COc2cc(C)c(Cl)c(C)c2)cs1. The first kappa shape index (κ1) is 14.3. The summed E-state index contributed by atoms with van der Waals surface area (Å²) in [5.41, 5.74) is 3.03. The van der Waals surface area contributed by atoms with Gasteiger partial charge in [0.25, 0.3) is 0 Å². The van der Waals surface area contributed by atoms with Crippen molar-refractivity contribution in [3.05, 3.63) is 44.4 Å². The topological polar surface area (TPSA) is 34.2 Å². The Morgan fingerprint density at radius 1 is 1.32 bits per heavy atom. The monoisotopic (exact) mass is 296 g/mol. The number of nitrogens with one attached hydrogen (secondary N) is 1. The number of aryl methyl sites for hydroxylation is 2. The van der Waals surface area contributed by atoms with Crippen LogP contribution in [0.4, 0.5) is 0 Å². The number of thiazole rings is 1. The van der Waals surface area contributed by atoms with Crippen LogP contribution in [0.25, 0.3) is 0 Å². The predicted molar refractivity (Wildman–Crippen MR) is 80.1 cm³/mol. The van der Waals surface area contributed by atoms with Gasteiger partial charge in [0.05, 0.1) is 5.69 Å². The van der Waals surface area contributed by atoms with Gasteiger partial charge in [0, 0.05) is 16.9 Å². The Morgan fingerprint density at radius 3 is 2.63 bits per heavy atom. The normalized spacial score (nSPS) is 10.7. The van der Waals surface area contributed by atoms with Crippen LogP contribution in [0.3, 0.4) is 0 Å². The van der Waals surface area contributed by atoms with Gasteiger partial charge in [-0.25, -0.2) is 4.98 Å². The molecule has 0 bridgehead atoms. The van der Waals surface area contributed by atoms with Crippen molar-refractivity contribution in [1.82, 2.24) is 10.3 Å². The summed E-state index contributed by atoms with van der Waals surface area (Å²) < 4.78 is 5.77. The molecule has 19 heavy (non-hydrogen) atoms. The van der Waals surface area contributed by atoms with Gasteiger partial charge in [-0.3, -0.25) is 0 Å². The molecular weight excluding hydrogens is 280 g/mol. The molecule has 0 unspecified atom stereocenters. The van der Waals surface area contributed by atoms with E-state index in [1.165, 1.54) is 0 Å². The number of benzene rings is 1. The molecule has 102 valence electrons. The minimum absolute atomic E-state index is 0.487. The Bertz CT molecular complexity index is 545. The van der Waals surface area contributed by atoms with E-state index in [1.54, 1.807) is 11.3 Å². The highest BCUT2D eigenvalue weighted by Crippen LogP contribution is 2.26. The van der Waals surface area contributed by atoms with E-state index in [4.69, 9.17) is 16.3 Å². The van der Waals surface area contributed by atoms with Crippen molar-refractivity contribution in [1.29, 1.82) is 0 Å². The van der Waals surface area contributed by atoms with Crippen molar-refractivity contribution in [2.75, 3.05) is 7.05 Å². The zero-order valence-electron chi connectivity index (χ0n) is 11.3. The number of hydrogen-bond donors (Lipinski definition) is 1. The maximum absolute atomic E-state index is 6.13. The van der Waals surface area contributed by atoms with Crippen LogP contribution in [0, 0.1) is 13.8 Å². The lowest BCUT2D eigenvalue weighted by atomic mass is 10.1. The van der Waals surface area contributed by atoms with E-state index >= 15 is 0 Å². The fourth-order valence-corrected chi connectivity index (χ4v) is 2.69. The van der Waals surface area contributed by atoms with Crippen molar-refractivity contribution < 1.29 is 4.74 Å². The second-order valence-electron chi connectivity index (χ2n) is 4.42. The van der Waals surface area contributed by atoms with Crippen LogP contribution in [0.2, 0.25) is 5.02 Å². The van der Waals surface area contributed by atoms with E-state index in [-0.39, 0.29) is 0 Å². The molecule has 0 aliphatic rings. The molecule has 5 heteroatoms. The Balaban J connectivity index is 2.01. The van der Waals surface area contributed by atoms with Gasteiger partial charge in [-0.2, -0.15) is 0 Å². The molecule has 0 fully saturated rings. The predicted octanol–water partition coefficient (Wildman–Crippen LogP) is 3.71. The Kier molecular flexibility index (Phi) is 4.80. The third kappa shape index (κ3) is 3.69. The van der Waals surface area contributed by atoms with Crippen LogP contribution in [0.1, 0.15) is 21.8 Å². The third-order valence-electron chi connectivity index (χ3n) is 2.72. The van der Waals surface area contributed by atoms with Crippen molar-refractivity contribution in [3.63, 3.8) is 0 Å². The fraction of sp³-hybridized carbons (Fsp3) is 0.357. The number of nitrogens with zero attached hydrogens (tertiary/aromatic N) is 1. The van der Waals surface area contributed by atoms with Crippen molar-refractivity contribution in [2.45, 2.75) is 27.0 Å². The summed E-state index contributed by atoms with van der Waals surface area (Å²) in [6, 6.07) is 3.91. The quantitative estimate of drug-likeness (QED) is 0.913. The maximum atomic E-state index is 6.13. The summed E-state index contributed by atoms with van der Waals surface area (Å²) in [4.78, 5) is 4.48. The zero-order valence-corrected chi connectivity index (χ0v) is 12.9. The highest BCUT2D eigenvalue weighted by Gasteiger charge is 2.05. The minimum atomic E-state index is 0.487. The van der Waals surface area contributed by atoms with Gasteiger partial charge in [0.2, 0.25) is 0 Å². The van der Waals surface area contributed by atoms with Crippen LogP contribution in [0.15, 0.2) is 17.5 Å². The van der Waals surface area contributed by atoms with Gasteiger partial charge in [0.1, 0.15) is 17.4 Å². The van der Waals surface area contributed by atoms with Crippen LogP contribution in [-0.4, -0.2) is 12.0 Å². The summed E-state index contributed by atoms with van der Waals surface area (Å²) in [5.74, 6) is 0.836. The molecular formula is C14H17ClN2OS. The van der Waals surface area contributed by atoms with E-state index in [2.05, 4.69) is 10.3 Å². The van der Waals surface area contributed by atoms with Crippen molar-refractivity contribution in [2.24, 2.45) is 0 Å². The highest BCUT2D eigenvalue weighted by atomic mass is 35.5. The second-order valence-corrected chi connectivity index (χ2v) is 5.74. The molecule has 0 aliphatic heterocycles. The molecule has 0 atom stereocenters. The molecule has 3 nitrogen and oxygen atoms in total. The Hall–Kier alpha value is -1.10. The first-order valence-corrected chi connectivity index (χ1v) is 7.33. The molecule has 1 N–H and O–H groups in total. The maximum Gasteiger partial charge on any atom is 0.131 e. The number of hydrogen-bond acceptors (Lipinski definition) is 4. The largest absolute Gasteiger partial charge is 0.487 e. The van der Waals surface area contributed by atoms with Gasteiger partial charge in [0.15, 0.2) is 0 Å². The molecule has 1 aromatic heterocycles. The average molecular weight is 297 g/mol. The lowest BCUT2D eigenvalue weighted by Gasteiger charge is -2.08. The Morgan fingerprint density at radius 2 is 2.00 bits per heavy atom. The molecule has 1 heterocycles. The van der Waals surface area contributed by atoms with E-state index in [1.807, 2.05) is 38.4 Å². The molecule has 0 saturated heterocycles. The summed E-state index contributed by atoms with van der Waals surface area (Å²) in [6.45, 7) is 5.25. The van der Waals surface area contributed by atoms with Gasteiger partial charge < -0.3 is 10.1 Å². The van der Waals surface area contributed by atoms with Crippen LogP contribution >= 0.6 is 22.9 Å². The number of halogens is 1. The first-order valence-electron chi connectivity index (χ1n) is 6.07. The average Bonchev–Trinajstić information content (AvgIpc) is 2.81. The summed E-state index contributed by atoms with van der Waals surface area (Å²) in [5, 5.41) is 6.99. The zero-order chi connectivity index (χ0) is 13.8. The molecule has 2 rings (SSSR count). The first-order chi connectivity index (χ1) is 9.10. The number of ether oxygens (including phenoxy) is 1. The van der Waals surface area contributed by atoms with Gasteiger partial charge >= 0.3 is 0 Å². The summed E-state index contributed by atoms with van der Waals surface area (Å²) in [6.07, 6.45) is 0. The Labute approximate surface area is 122 Å². The third-order valence-corrected chi connectivity index (χ3v) is 4.22. The van der Waals surface area contributed by atoms with E-state index < -0.39 is 0 Å². The van der Waals surface area contributed by atoms with Crippen LogP contribution in [-0.2, 0) is 13.2 Å². The van der Waals surface area contributed by atoms with Crippen molar-refractivity contribution >= 4 is 22.9 Å². The number of aromatic nitrogens is 1. The molecule has 0 aliphatic carbocycles. The van der Waals surface area contributed by atoms with E-state index in [9.17, 15) is 0 Å². The summed E-state index contributed by atoms with van der Waals surface area (Å²) in [7, 11) is 1.91. The molecule has 0 spiro atoms. The lowest BCUT2D eigenvalue weighted by molar-refractivity contribution is 0.301. The lowest BCUT2D eigenvalue weighted by Crippen LogP contribution is -2.05. The second kappa shape index (κ2) is 6.37. The van der Waals surface area contributed by atoms with Gasteiger partial charge in [-0.1, -0.05) is 11.6 Å². The van der Waals surface area contributed by atoms with Crippen LogP contribution in [0.5, 0.6) is 5.75 Å². The van der Waals surface area contributed by atoms with E-state index in [0.717, 1.165) is 39.1 Å². The molecule has 2 aromatic rings. The minimum Gasteiger partial charge on any atom is -0.487 e. The summed E-state index contributed by atoms with van der Waals surface area (Å²) >= 11 is 7.78. The van der Waals surface area contributed by atoms with Gasteiger partial charge in [-0.05, 0) is 44.2 Å². The molecule has 0 radical (unpaired) electrons. The fourth-order valence-electron chi connectivity index (χ4n) is 1.79. The molecule has 1 aromatic carbocycles. The van der Waals surface area contributed by atoms with Crippen LogP contribution < -0.4 is 10.1 Å². The van der Waals surface area contributed by atoms with Gasteiger partial charge in [-0.15, -0.1) is 11.3 Å². The smallest absolute Gasteiger partial charge is 0.131 e. The highest BCUT2D eigenvalue weighted by molar-refractivity contribution is 7.09. The number of rotatable bonds is 5. The standard InChI is InChI=1S/C14H17ClN2OS/c1-9-4-12(5-10(2)14(9)15)18-7-11-8-19-13(17-11)6-16-3/h4-5,8,16H,6-7H2,1-3H3. The van der Waals surface area contributed by atoms with Crippen molar-refractivity contribution in [3.8, 4) is 5.75 Å². The molecule has 0 amide bonds. The van der Waals surface area contributed by atoms with E-state index in [0.29, 0.717) is 6.61 Å². The molecule has 0 saturated carbocycles.